The Labute approximate surface area is 244 Å². The molecular weight excluding hydrogens is 518 g/mol. The Balaban J connectivity index is 1.63. The molecule has 4 aliphatic rings. The molecule has 0 aromatic heterocycles. The summed E-state index contributed by atoms with van der Waals surface area (Å²) in [5, 5.41) is 10.5. The Bertz CT molecular complexity index is 1250. The van der Waals surface area contributed by atoms with Crippen molar-refractivity contribution in [2.75, 3.05) is 24.6 Å². The van der Waals surface area contributed by atoms with Gasteiger partial charge in [0.05, 0.1) is 30.6 Å². The van der Waals surface area contributed by atoms with Gasteiger partial charge < -0.3 is 24.5 Å². The normalized spacial score (nSPS) is 30.9. The van der Waals surface area contributed by atoms with Crippen molar-refractivity contribution in [2.45, 2.75) is 84.2 Å². The van der Waals surface area contributed by atoms with Crippen LogP contribution < -0.4 is 4.90 Å². The van der Waals surface area contributed by atoms with Gasteiger partial charge >= 0.3 is 0 Å². The first-order valence-electron chi connectivity index (χ1n) is 14.9. The maximum atomic E-state index is 14.8. The van der Waals surface area contributed by atoms with Gasteiger partial charge in [0.1, 0.15) is 11.6 Å². The highest BCUT2D eigenvalue weighted by atomic mass is 16.5. The summed E-state index contributed by atoms with van der Waals surface area (Å²) in [6, 6.07) is 7.85. The number of anilines is 1. The van der Waals surface area contributed by atoms with E-state index in [4.69, 9.17) is 4.74 Å². The van der Waals surface area contributed by atoms with Crippen molar-refractivity contribution >= 4 is 23.4 Å². The fourth-order valence-corrected chi connectivity index (χ4v) is 7.83. The van der Waals surface area contributed by atoms with Crippen LogP contribution in [0.3, 0.4) is 0 Å². The van der Waals surface area contributed by atoms with Gasteiger partial charge in [-0.3, -0.25) is 14.4 Å². The second-order valence-electron chi connectivity index (χ2n) is 14.2. The lowest BCUT2D eigenvalue weighted by atomic mass is 9.77. The number of likely N-dealkylation sites (tertiary alicyclic amines) is 1. The summed E-state index contributed by atoms with van der Waals surface area (Å²) in [4.78, 5) is 48.7. The van der Waals surface area contributed by atoms with Gasteiger partial charge in [0.15, 0.2) is 0 Å². The van der Waals surface area contributed by atoms with Crippen molar-refractivity contribution in [3.05, 3.63) is 54.6 Å². The standard InChI is InChI=1S/C33H45N3O5/c1-21(2)23(19-37)36-27-30(40)35(32(6,7)20-31(3,4)5)18-12-16-33(27)26(29(36)39)25-24(41-33)15-11-17-34(28(25)38)22-13-9-8-10-14-22/h8-16,21,23-27,37H,17-20H2,1-7H3/t23-,24+,25-,26-,27?,33-/m0/s1. The number of ether oxygens (including phenoxy) is 1. The number of amides is 3. The Morgan fingerprint density at radius 3 is 2.27 bits per heavy atom. The van der Waals surface area contributed by atoms with Crippen LogP contribution in [0, 0.1) is 23.2 Å². The third-order valence-electron chi connectivity index (χ3n) is 9.17. The molecule has 0 bridgehead atoms. The topological polar surface area (TPSA) is 90.4 Å². The zero-order valence-electron chi connectivity index (χ0n) is 25.4. The zero-order valence-corrected chi connectivity index (χ0v) is 25.4. The van der Waals surface area contributed by atoms with E-state index in [1.807, 2.05) is 73.4 Å². The smallest absolute Gasteiger partial charge is 0.249 e. The summed E-state index contributed by atoms with van der Waals surface area (Å²) in [5.74, 6) is -2.50. The molecule has 41 heavy (non-hydrogen) atoms. The summed E-state index contributed by atoms with van der Waals surface area (Å²) in [5.41, 5.74) is -1.11. The van der Waals surface area contributed by atoms with E-state index in [2.05, 4.69) is 34.6 Å². The third kappa shape index (κ3) is 4.83. The molecule has 1 aromatic carbocycles. The number of benzene rings is 1. The maximum absolute atomic E-state index is 14.8. The van der Waals surface area contributed by atoms with E-state index in [0.717, 1.165) is 12.1 Å². The molecule has 0 saturated carbocycles. The molecule has 4 aliphatic heterocycles. The maximum Gasteiger partial charge on any atom is 0.249 e. The highest BCUT2D eigenvalue weighted by Gasteiger charge is 2.73. The summed E-state index contributed by atoms with van der Waals surface area (Å²) < 4.78 is 6.79. The highest BCUT2D eigenvalue weighted by molar-refractivity contribution is 6.04. The quantitative estimate of drug-likeness (QED) is 0.532. The van der Waals surface area contributed by atoms with Gasteiger partial charge in [-0.2, -0.15) is 0 Å². The van der Waals surface area contributed by atoms with E-state index in [-0.39, 0.29) is 35.7 Å². The molecule has 1 unspecified atom stereocenters. The lowest BCUT2D eigenvalue weighted by molar-refractivity contribution is -0.155. The number of carbonyl (C=O) groups excluding carboxylic acids is 3. The Morgan fingerprint density at radius 1 is 0.976 bits per heavy atom. The molecule has 1 N–H and O–H groups in total. The van der Waals surface area contributed by atoms with Crippen LogP contribution in [0.15, 0.2) is 54.6 Å². The van der Waals surface area contributed by atoms with Gasteiger partial charge in [0, 0.05) is 24.3 Å². The fourth-order valence-electron chi connectivity index (χ4n) is 7.83. The fraction of sp³-hybridized carbons (Fsp3) is 0.606. The van der Waals surface area contributed by atoms with E-state index < -0.39 is 41.2 Å². The number of carbonyl (C=O) groups is 3. The first-order valence-corrected chi connectivity index (χ1v) is 14.9. The minimum atomic E-state index is -1.32. The first kappa shape index (κ1) is 29.5. The lowest BCUT2D eigenvalue weighted by Gasteiger charge is -2.45. The molecule has 2 fully saturated rings. The second-order valence-corrected chi connectivity index (χ2v) is 14.2. The third-order valence-corrected chi connectivity index (χ3v) is 9.17. The van der Waals surface area contributed by atoms with Crippen LogP contribution in [0.25, 0.3) is 0 Å². The summed E-state index contributed by atoms with van der Waals surface area (Å²) in [6.45, 7) is 14.9. The molecule has 4 heterocycles. The van der Waals surface area contributed by atoms with Gasteiger partial charge in [-0.25, -0.2) is 0 Å². The molecule has 1 spiro atoms. The first-order chi connectivity index (χ1) is 19.2. The number of nitrogens with zero attached hydrogens (tertiary/aromatic N) is 3. The van der Waals surface area contributed by atoms with Gasteiger partial charge in [-0.15, -0.1) is 0 Å². The van der Waals surface area contributed by atoms with E-state index in [1.54, 1.807) is 9.80 Å². The molecule has 0 radical (unpaired) electrons. The van der Waals surface area contributed by atoms with E-state index in [9.17, 15) is 19.5 Å². The van der Waals surface area contributed by atoms with Gasteiger partial charge in [-0.05, 0) is 43.7 Å². The second kappa shape index (κ2) is 10.4. The monoisotopic (exact) mass is 563 g/mol. The van der Waals surface area contributed by atoms with Crippen LogP contribution in [0.1, 0.15) is 54.9 Å². The van der Waals surface area contributed by atoms with Crippen LogP contribution in [-0.2, 0) is 19.1 Å². The number of hydrogen-bond acceptors (Lipinski definition) is 5. The lowest BCUT2D eigenvalue weighted by Crippen LogP contribution is -2.62. The van der Waals surface area contributed by atoms with Crippen LogP contribution in [0.4, 0.5) is 5.69 Å². The van der Waals surface area contributed by atoms with Crippen molar-refractivity contribution in [1.29, 1.82) is 0 Å². The van der Waals surface area contributed by atoms with E-state index in [1.165, 1.54) is 0 Å². The predicted molar refractivity (Wildman–Crippen MR) is 158 cm³/mol. The molecule has 0 aliphatic carbocycles. The number of rotatable bonds is 6. The molecule has 3 amide bonds. The van der Waals surface area contributed by atoms with Crippen molar-refractivity contribution in [2.24, 2.45) is 23.2 Å². The zero-order chi connectivity index (χ0) is 29.9. The molecule has 8 nitrogen and oxygen atoms in total. The van der Waals surface area contributed by atoms with Crippen LogP contribution in [0.5, 0.6) is 0 Å². The number of aliphatic hydroxyl groups excluding tert-OH is 1. The largest absolute Gasteiger partial charge is 0.394 e. The number of aliphatic hydroxyl groups is 1. The van der Waals surface area contributed by atoms with Crippen molar-refractivity contribution in [3.8, 4) is 0 Å². The Kier molecular flexibility index (Phi) is 7.48. The Hall–Kier alpha value is -2.97. The number of para-hydroxylation sites is 1. The van der Waals surface area contributed by atoms with E-state index in [0.29, 0.717) is 13.1 Å². The minimum absolute atomic E-state index is 0.0358. The van der Waals surface area contributed by atoms with Crippen molar-refractivity contribution in [1.82, 2.24) is 9.80 Å². The molecule has 1 aromatic rings. The SMILES string of the molecule is CC(C)[C@H](CO)N1C(=O)[C@@H]2[C@H]3C(=O)N(c4ccccc4)CC=C[C@H]3O[C@@]23C=CCN(C(C)(C)CC(C)(C)C)C(=O)C13. The van der Waals surface area contributed by atoms with Crippen LogP contribution in [0.2, 0.25) is 0 Å². The minimum Gasteiger partial charge on any atom is -0.394 e. The summed E-state index contributed by atoms with van der Waals surface area (Å²) in [7, 11) is 0. The van der Waals surface area contributed by atoms with Crippen molar-refractivity contribution in [3.63, 3.8) is 0 Å². The molecule has 222 valence electrons. The van der Waals surface area contributed by atoms with Crippen molar-refractivity contribution < 1.29 is 24.2 Å². The average Bonchev–Trinajstić information content (AvgIpc) is 3.18. The van der Waals surface area contributed by atoms with Crippen LogP contribution >= 0.6 is 0 Å². The van der Waals surface area contributed by atoms with Gasteiger partial charge in [0.25, 0.3) is 0 Å². The molecule has 8 heteroatoms. The number of hydrogen-bond donors (Lipinski definition) is 1. The molecule has 6 atom stereocenters. The van der Waals surface area contributed by atoms with Gasteiger partial charge in [-0.1, -0.05) is 77.1 Å². The van der Waals surface area contributed by atoms with Crippen LogP contribution in [-0.4, -0.2) is 81.7 Å². The van der Waals surface area contributed by atoms with Gasteiger partial charge in [0.2, 0.25) is 17.7 Å². The summed E-state index contributed by atoms with van der Waals surface area (Å²) in [6.07, 6.45) is 7.71. The highest BCUT2D eigenvalue weighted by Crippen LogP contribution is 2.55. The predicted octanol–water partition coefficient (Wildman–Crippen LogP) is 3.80. The molecule has 5 rings (SSSR count). The summed E-state index contributed by atoms with van der Waals surface area (Å²) >= 11 is 0. The average molecular weight is 564 g/mol. The molecule has 2 saturated heterocycles. The Morgan fingerprint density at radius 2 is 1.66 bits per heavy atom. The molecular formula is C33H45N3O5. The van der Waals surface area contributed by atoms with E-state index >= 15 is 0 Å². The number of fused-ring (bicyclic) bond motifs is 2.